The molecule has 1 spiro atoms. The third-order valence-corrected chi connectivity index (χ3v) is 9.38. The van der Waals surface area contributed by atoms with Gasteiger partial charge in [-0.1, -0.05) is 42.5 Å². The second-order valence-corrected chi connectivity index (χ2v) is 13.8. The molecule has 3 aromatic carbocycles. The molecule has 9 heteroatoms. The van der Waals surface area contributed by atoms with Crippen LogP contribution in [0, 0.1) is 0 Å². The third kappa shape index (κ3) is 7.26. The normalized spacial score (nSPS) is 16.9. The molecule has 1 saturated heterocycles. The summed E-state index contributed by atoms with van der Waals surface area (Å²) in [5.74, 6) is 0.869. The second-order valence-electron chi connectivity index (χ2n) is 13.8. The number of esters is 1. The lowest BCUT2D eigenvalue weighted by molar-refractivity contribution is -0.143. The van der Waals surface area contributed by atoms with Crippen molar-refractivity contribution in [3.8, 4) is 16.9 Å². The molecule has 2 aliphatic rings. The minimum atomic E-state index is -0.547. The minimum Gasteiger partial charge on any atom is -0.485 e. The summed E-state index contributed by atoms with van der Waals surface area (Å²) in [6, 6.07) is 22.5. The van der Waals surface area contributed by atoms with Gasteiger partial charge in [0.2, 0.25) is 0 Å². The number of methoxy groups -OCH3 is 1. The largest absolute Gasteiger partial charge is 0.485 e. The Balaban J connectivity index is 1.30. The topological polar surface area (TPSA) is 113 Å². The lowest BCUT2D eigenvalue weighted by Gasteiger charge is -2.40. The molecular weight excluding hydrogens is 606 g/mol. The molecule has 252 valence electrons. The van der Waals surface area contributed by atoms with Crippen molar-refractivity contribution >= 4 is 28.7 Å². The van der Waals surface area contributed by atoms with Crippen molar-refractivity contribution in [3.05, 3.63) is 89.6 Å². The van der Waals surface area contributed by atoms with Crippen molar-refractivity contribution in [2.24, 2.45) is 0 Å². The van der Waals surface area contributed by atoms with Crippen LogP contribution < -0.4 is 10.5 Å². The van der Waals surface area contributed by atoms with Crippen molar-refractivity contribution in [2.45, 2.75) is 70.0 Å². The highest BCUT2D eigenvalue weighted by Gasteiger charge is 2.47. The molecule has 1 atom stereocenters. The molecule has 0 radical (unpaired) electrons. The van der Waals surface area contributed by atoms with Crippen molar-refractivity contribution in [1.82, 2.24) is 9.88 Å². The number of hydrogen-bond donors (Lipinski definition) is 1. The number of amides is 1. The summed E-state index contributed by atoms with van der Waals surface area (Å²) in [7, 11) is 1.63. The predicted octanol–water partition coefficient (Wildman–Crippen LogP) is 7.40. The second kappa shape index (κ2) is 13.8. The molecule has 0 saturated carbocycles. The Morgan fingerprint density at radius 2 is 1.73 bits per heavy atom. The number of piperidine rings is 1. The predicted molar refractivity (Wildman–Crippen MR) is 186 cm³/mol. The zero-order valence-corrected chi connectivity index (χ0v) is 28.3. The van der Waals surface area contributed by atoms with E-state index in [2.05, 4.69) is 41.4 Å². The van der Waals surface area contributed by atoms with E-state index in [1.807, 2.05) is 56.0 Å². The van der Waals surface area contributed by atoms with Crippen LogP contribution in [0.15, 0.2) is 72.9 Å². The zero-order chi connectivity index (χ0) is 33.9. The quantitative estimate of drug-likeness (QED) is 0.147. The third-order valence-electron chi connectivity index (χ3n) is 9.38. The van der Waals surface area contributed by atoms with E-state index >= 15 is 0 Å². The van der Waals surface area contributed by atoms with Crippen LogP contribution in [0.25, 0.3) is 21.9 Å². The van der Waals surface area contributed by atoms with Gasteiger partial charge in [-0.25, -0.2) is 9.78 Å². The minimum absolute atomic E-state index is 0.116. The number of aromatic nitrogens is 1. The Morgan fingerprint density at radius 3 is 2.50 bits per heavy atom. The molecule has 1 aromatic heterocycles. The summed E-state index contributed by atoms with van der Waals surface area (Å²) in [6.45, 7) is 7.73. The lowest BCUT2D eigenvalue weighted by atomic mass is 9.73. The maximum atomic E-state index is 12.9. The Bertz CT molecular complexity index is 1790. The zero-order valence-electron chi connectivity index (χ0n) is 28.3. The summed E-state index contributed by atoms with van der Waals surface area (Å²) in [6.07, 6.45) is 4.32. The smallest absolute Gasteiger partial charge is 0.410 e. The average Bonchev–Trinajstić information content (AvgIpc) is 3.35. The molecule has 1 aliphatic carbocycles. The van der Waals surface area contributed by atoms with E-state index in [4.69, 9.17) is 24.7 Å². The van der Waals surface area contributed by atoms with Crippen molar-refractivity contribution in [1.29, 1.82) is 0 Å². The van der Waals surface area contributed by atoms with E-state index in [0.717, 1.165) is 52.3 Å². The van der Waals surface area contributed by atoms with Crippen LogP contribution in [0.5, 0.6) is 5.75 Å². The number of nitrogen functional groups attached to an aromatic ring is 1. The summed E-state index contributed by atoms with van der Waals surface area (Å²) >= 11 is 0. The number of nitrogens with two attached hydrogens (primary N) is 1. The molecule has 1 unspecified atom stereocenters. The summed E-state index contributed by atoms with van der Waals surface area (Å²) < 4.78 is 23.1. The maximum Gasteiger partial charge on any atom is 0.410 e. The van der Waals surface area contributed by atoms with Crippen molar-refractivity contribution < 1.29 is 28.5 Å². The molecule has 9 nitrogen and oxygen atoms in total. The summed E-state index contributed by atoms with van der Waals surface area (Å²) in [5.41, 5.74) is 10.8. The van der Waals surface area contributed by atoms with Gasteiger partial charge in [-0.2, -0.15) is 0 Å². The molecule has 48 heavy (non-hydrogen) atoms. The number of carbonyl (C=O) groups excluding carboxylic acids is 2. The fourth-order valence-electron chi connectivity index (χ4n) is 6.97. The fraction of sp³-hybridized carbons (Fsp3) is 0.410. The van der Waals surface area contributed by atoms with Gasteiger partial charge in [0.1, 0.15) is 23.3 Å². The monoisotopic (exact) mass is 651 g/mol. The number of likely N-dealkylation sites (tertiary alicyclic amines) is 1. The highest BCUT2D eigenvalue weighted by Crippen LogP contribution is 2.53. The number of carbonyl (C=O) groups is 2. The number of fused-ring (bicyclic) bond motifs is 3. The SMILES string of the molecule is COCCCOC(=O)Cc1ccccc1OC1CC2(CCN(C(=O)OC(C)(C)C)CC2)c2ccc(-c3ccc4ccnc(N)c4c3)cc21. The van der Waals surface area contributed by atoms with E-state index < -0.39 is 5.60 Å². The van der Waals surface area contributed by atoms with Gasteiger partial charge >= 0.3 is 12.1 Å². The Hall–Kier alpha value is -4.63. The average molecular weight is 652 g/mol. The van der Waals surface area contributed by atoms with Crippen LogP contribution in [0.3, 0.4) is 0 Å². The number of pyridine rings is 1. The van der Waals surface area contributed by atoms with Crippen LogP contribution in [-0.4, -0.2) is 61.0 Å². The van der Waals surface area contributed by atoms with Gasteiger partial charge < -0.3 is 29.6 Å². The van der Waals surface area contributed by atoms with Crippen LogP contribution in [0.4, 0.5) is 10.6 Å². The number of benzene rings is 3. The van der Waals surface area contributed by atoms with E-state index in [1.165, 1.54) is 5.56 Å². The van der Waals surface area contributed by atoms with E-state index in [0.29, 0.717) is 44.3 Å². The van der Waals surface area contributed by atoms with Crippen molar-refractivity contribution in [2.75, 3.05) is 39.1 Å². The van der Waals surface area contributed by atoms with E-state index in [9.17, 15) is 9.59 Å². The standard InChI is InChI=1S/C39H45N3O6/c1-38(2,3)48-37(44)42-18-15-39(16-19-42)25-34(47-33-9-6-5-8-29(33)24-35(43)46-21-7-20-45-4)31-23-28(12-13-32(31)39)27-11-10-26-14-17-41-36(40)30(26)22-27/h5-6,8-14,17,22-23,34H,7,15-16,18-21,24-25H2,1-4H3,(H2,40,41). The van der Waals surface area contributed by atoms with Gasteiger partial charge in [-0.3, -0.25) is 4.79 Å². The highest BCUT2D eigenvalue weighted by molar-refractivity contribution is 5.94. The first-order valence-electron chi connectivity index (χ1n) is 16.7. The van der Waals surface area contributed by atoms with Gasteiger partial charge in [0.05, 0.1) is 13.0 Å². The number of hydrogen-bond acceptors (Lipinski definition) is 8. The maximum absolute atomic E-state index is 12.9. The summed E-state index contributed by atoms with van der Waals surface area (Å²) in [5, 5.41) is 1.95. The number of anilines is 1. The van der Waals surface area contributed by atoms with Gasteiger partial charge in [0.15, 0.2) is 0 Å². The molecule has 6 rings (SSSR count). The highest BCUT2D eigenvalue weighted by atomic mass is 16.6. The van der Waals surface area contributed by atoms with Gasteiger partial charge in [0, 0.05) is 55.8 Å². The number of ether oxygens (including phenoxy) is 4. The number of rotatable bonds is 9. The Labute approximate surface area is 282 Å². The first kappa shape index (κ1) is 33.3. The Kier molecular flexibility index (Phi) is 9.60. The number of para-hydroxylation sites is 1. The fourth-order valence-corrected chi connectivity index (χ4v) is 6.97. The molecule has 0 bridgehead atoms. The lowest BCUT2D eigenvalue weighted by Crippen LogP contribution is -2.46. The molecule has 1 amide bonds. The van der Waals surface area contributed by atoms with Gasteiger partial charge in [-0.15, -0.1) is 0 Å². The van der Waals surface area contributed by atoms with Gasteiger partial charge in [0.25, 0.3) is 0 Å². The molecule has 1 aliphatic heterocycles. The molecule has 2 heterocycles. The first-order chi connectivity index (χ1) is 23.0. The van der Waals surface area contributed by atoms with E-state index in [-0.39, 0.29) is 30.0 Å². The van der Waals surface area contributed by atoms with Crippen LogP contribution in [0.1, 0.15) is 69.2 Å². The van der Waals surface area contributed by atoms with Crippen LogP contribution in [0.2, 0.25) is 0 Å². The molecule has 1 fully saturated rings. The van der Waals surface area contributed by atoms with Crippen molar-refractivity contribution in [3.63, 3.8) is 0 Å². The summed E-state index contributed by atoms with van der Waals surface area (Å²) in [4.78, 5) is 31.8. The van der Waals surface area contributed by atoms with Crippen LogP contribution >= 0.6 is 0 Å². The van der Waals surface area contributed by atoms with Gasteiger partial charge in [-0.05, 0) is 91.9 Å². The van der Waals surface area contributed by atoms with E-state index in [1.54, 1.807) is 13.3 Å². The number of nitrogens with zero attached hydrogens (tertiary/aromatic N) is 2. The molecular formula is C39H45N3O6. The Morgan fingerprint density at radius 1 is 0.979 bits per heavy atom. The molecule has 4 aromatic rings. The van der Waals surface area contributed by atoms with Crippen LogP contribution in [-0.2, 0) is 30.8 Å². The first-order valence-corrected chi connectivity index (χ1v) is 16.7. The molecule has 2 N–H and O–H groups in total.